The van der Waals surface area contributed by atoms with Crippen LogP contribution in [0.3, 0.4) is 0 Å². The van der Waals surface area contributed by atoms with E-state index in [9.17, 15) is 4.79 Å². The lowest BCUT2D eigenvalue weighted by molar-refractivity contribution is 0.0717. The van der Waals surface area contributed by atoms with Gasteiger partial charge in [-0.15, -0.1) is 0 Å². The van der Waals surface area contributed by atoms with Crippen LogP contribution in [0.25, 0.3) is 0 Å². The molecule has 0 heterocycles. The highest BCUT2D eigenvalue weighted by molar-refractivity contribution is 7.80. The number of rotatable bonds is 3. The van der Waals surface area contributed by atoms with Crippen molar-refractivity contribution < 1.29 is 4.79 Å². The van der Waals surface area contributed by atoms with E-state index in [0.29, 0.717) is 16.6 Å². The minimum absolute atomic E-state index is 0.0892. The van der Waals surface area contributed by atoms with Crippen molar-refractivity contribution in [2.75, 3.05) is 7.05 Å². The Morgan fingerprint density at radius 3 is 2.10 bits per heavy atom. The second-order valence-electron chi connectivity index (χ2n) is 5.50. The number of thiocarbonyl (C=S) groups is 1. The summed E-state index contributed by atoms with van der Waals surface area (Å²) in [5.41, 5.74) is 7.08. The molecule has 108 valence electrons. The topological polar surface area (TPSA) is 46.3 Å². The number of nitrogens with two attached hydrogens (primary N) is 1. The zero-order chi connectivity index (χ0) is 14.5. The van der Waals surface area contributed by atoms with Gasteiger partial charge in [-0.05, 0) is 25.0 Å². The van der Waals surface area contributed by atoms with E-state index in [1.165, 1.54) is 25.7 Å². The summed E-state index contributed by atoms with van der Waals surface area (Å²) in [6.45, 7) is 0. The summed E-state index contributed by atoms with van der Waals surface area (Å²) in [6, 6.07) is 7.63. The van der Waals surface area contributed by atoms with Gasteiger partial charge in [0.2, 0.25) is 0 Å². The molecule has 0 saturated heterocycles. The first kappa shape index (κ1) is 15.0. The van der Waals surface area contributed by atoms with Gasteiger partial charge in [0.1, 0.15) is 4.99 Å². The van der Waals surface area contributed by atoms with Crippen LogP contribution in [-0.4, -0.2) is 28.9 Å². The lowest BCUT2D eigenvalue weighted by Gasteiger charge is -2.27. The monoisotopic (exact) mass is 290 g/mol. The summed E-state index contributed by atoms with van der Waals surface area (Å²) in [5, 5.41) is 0. The Bertz CT molecular complexity index is 476. The molecule has 4 heteroatoms. The Morgan fingerprint density at radius 2 is 1.60 bits per heavy atom. The van der Waals surface area contributed by atoms with Crippen LogP contribution >= 0.6 is 12.2 Å². The number of carbonyl (C=O) groups excluding carboxylic acids is 1. The Labute approximate surface area is 126 Å². The summed E-state index contributed by atoms with van der Waals surface area (Å²) in [7, 11) is 1.92. The van der Waals surface area contributed by atoms with E-state index in [0.717, 1.165) is 18.4 Å². The molecule has 1 aromatic rings. The van der Waals surface area contributed by atoms with Crippen molar-refractivity contribution in [1.82, 2.24) is 4.90 Å². The fraction of sp³-hybridized carbons (Fsp3) is 0.500. The predicted octanol–water partition coefficient (Wildman–Crippen LogP) is 3.12. The summed E-state index contributed by atoms with van der Waals surface area (Å²) in [6.07, 6.45) is 7.27. The van der Waals surface area contributed by atoms with Gasteiger partial charge < -0.3 is 10.6 Å². The van der Waals surface area contributed by atoms with Crippen molar-refractivity contribution in [3.05, 3.63) is 35.4 Å². The molecule has 1 amide bonds. The van der Waals surface area contributed by atoms with Gasteiger partial charge in [-0.1, -0.05) is 50.0 Å². The Kier molecular flexibility index (Phi) is 5.12. The zero-order valence-electron chi connectivity index (χ0n) is 12.0. The maximum atomic E-state index is 12.5. The second-order valence-corrected chi connectivity index (χ2v) is 5.94. The van der Waals surface area contributed by atoms with Crippen LogP contribution < -0.4 is 5.73 Å². The summed E-state index contributed by atoms with van der Waals surface area (Å²) >= 11 is 4.92. The Hall–Kier alpha value is -1.42. The molecule has 2 N–H and O–H groups in total. The van der Waals surface area contributed by atoms with E-state index < -0.39 is 0 Å². The van der Waals surface area contributed by atoms with Gasteiger partial charge in [-0.3, -0.25) is 4.79 Å². The van der Waals surface area contributed by atoms with E-state index in [1.54, 1.807) is 0 Å². The van der Waals surface area contributed by atoms with E-state index in [-0.39, 0.29) is 5.91 Å². The van der Waals surface area contributed by atoms with Crippen LogP contribution in [0.5, 0.6) is 0 Å². The number of carbonyl (C=O) groups is 1. The summed E-state index contributed by atoms with van der Waals surface area (Å²) in [5.74, 6) is 0.0892. The van der Waals surface area contributed by atoms with Gasteiger partial charge in [-0.2, -0.15) is 0 Å². The van der Waals surface area contributed by atoms with Gasteiger partial charge in [0.15, 0.2) is 0 Å². The largest absolute Gasteiger partial charge is 0.389 e. The maximum Gasteiger partial charge on any atom is 0.253 e. The SMILES string of the molecule is CN(C(=O)c1ccc(C(N)=S)cc1)C1CCCCCC1. The van der Waals surface area contributed by atoms with Gasteiger partial charge in [-0.25, -0.2) is 0 Å². The van der Waals surface area contributed by atoms with Crippen molar-refractivity contribution in [3.8, 4) is 0 Å². The molecule has 0 bridgehead atoms. The molecule has 1 fully saturated rings. The molecule has 1 aliphatic rings. The number of nitrogens with zero attached hydrogens (tertiary/aromatic N) is 1. The van der Waals surface area contributed by atoms with Crippen LogP contribution in [0, 0.1) is 0 Å². The second kappa shape index (κ2) is 6.84. The molecule has 0 radical (unpaired) electrons. The molecule has 1 aliphatic carbocycles. The minimum Gasteiger partial charge on any atom is -0.389 e. The van der Waals surface area contributed by atoms with Crippen LogP contribution in [0.15, 0.2) is 24.3 Å². The van der Waals surface area contributed by atoms with Crippen LogP contribution in [0.4, 0.5) is 0 Å². The van der Waals surface area contributed by atoms with Crippen LogP contribution in [0.1, 0.15) is 54.4 Å². The van der Waals surface area contributed by atoms with Crippen molar-refractivity contribution in [3.63, 3.8) is 0 Å². The first-order valence-electron chi connectivity index (χ1n) is 7.26. The van der Waals surface area contributed by atoms with E-state index in [2.05, 4.69) is 0 Å². The third-order valence-corrected chi connectivity index (χ3v) is 4.34. The average molecular weight is 290 g/mol. The number of amides is 1. The molecular weight excluding hydrogens is 268 g/mol. The van der Waals surface area contributed by atoms with Crippen LogP contribution in [-0.2, 0) is 0 Å². The molecule has 3 nitrogen and oxygen atoms in total. The van der Waals surface area contributed by atoms with Crippen molar-refractivity contribution in [1.29, 1.82) is 0 Å². The number of hydrogen-bond donors (Lipinski definition) is 1. The standard InChI is InChI=1S/C16H22N2OS/c1-18(14-6-4-2-3-5-7-14)16(19)13-10-8-12(9-11-13)15(17)20/h8-11,14H,2-7H2,1H3,(H2,17,20). The zero-order valence-corrected chi connectivity index (χ0v) is 12.8. The van der Waals surface area contributed by atoms with Gasteiger partial charge in [0.05, 0.1) is 0 Å². The first-order chi connectivity index (χ1) is 9.59. The van der Waals surface area contributed by atoms with Gasteiger partial charge in [0, 0.05) is 24.2 Å². The number of benzene rings is 1. The highest BCUT2D eigenvalue weighted by Crippen LogP contribution is 2.22. The lowest BCUT2D eigenvalue weighted by Crippen LogP contribution is -2.36. The molecule has 0 spiro atoms. The fourth-order valence-corrected chi connectivity index (χ4v) is 2.93. The molecule has 0 aromatic heterocycles. The summed E-state index contributed by atoms with van der Waals surface area (Å²) in [4.78, 5) is 14.8. The highest BCUT2D eigenvalue weighted by Gasteiger charge is 2.22. The molecule has 0 unspecified atom stereocenters. The van der Waals surface area contributed by atoms with E-state index >= 15 is 0 Å². The van der Waals surface area contributed by atoms with Crippen molar-refractivity contribution in [2.45, 2.75) is 44.6 Å². The molecule has 20 heavy (non-hydrogen) atoms. The highest BCUT2D eigenvalue weighted by atomic mass is 32.1. The molecule has 1 saturated carbocycles. The maximum absolute atomic E-state index is 12.5. The van der Waals surface area contributed by atoms with Crippen molar-refractivity contribution in [2.24, 2.45) is 5.73 Å². The van der Waals surface area contributed by atoms with E-state index in [1.807, 2.05) is 36.2 Å². The lowest BCUT2D eigenvalue weighted by atomic mass is 10.1. The quantitative estimate of drug-likeness (QED) is 0.687. The van der Waals surface area contributed by atoms with E-state index in [4.69, 9.17) is 18.0 Å². The molecule has 1 aromatic carbocycles. The first-order valence-corrected chi connectivity index (χ1v) is 7.67. The Balaban J connectivity index is 2.07. The van der Waals surface area contributed by atoms with Crippen LogP contribution in [0.2, 0.25) is 0 Å². The normalized spacial score (nSPS) is 16.4. The molecular formula is C16H22N2OS. The molecule has 2 rings (SSSR count). The third kappa shape index (κ3) is 3.57. The Morgan fingerprint density at radius 1 is 1.10 bits per heavy atom. The smallest absolute Gasteiger partial charge is 0.253 e. The predicted molar refractivity (Wildman–Crippen MR) is 85.9 cm³/mol. The average Bonchev–Trinajstić information content (AvgIpc) is 2.75. The molecule has 0 atom stereocenters. The van der Waals surface area contributed by atoms with Gasteiger partial charge >= 0.3 is 0 Å². The fourth-order valence-electron chi connectivity index (χ4n) is 2.79. The van der Waals surface area contributed by atoms with Gasteiger partial charge in [0.25, 0.3) is 5.91 Å². The number of hydrogen-bond acceptors (Lipinski definition) is 2. The third-order valence-electron chi connectivity index (χ3n) is 4.11. The molecule has 0 aliphatic heterocycles. The van der Waals surface area contributed by atoms with Crippen molar-refractivity contribution >= 4 is 23.1 Å². The minimum atomic E-state index is 0.0892. The summed E-state index contributed by atoms with van der Waals surface area (Å²) < 4.78 is 0.